The number of hydrogen-bond acceptors (Lipinski definition) is 3. The Hall–Kier alpha value is -1.62. The molecule has 0 aromatic heterocycles. The van der Waals surface area contributed by atoms with Crippen LogP contribution in [-0.2, 0) is 11.2 Å². The standard InChI is InChI=1S/C18H29FN2O2/c1-6-16(12-20-17(22)23-18(3,4)5)21-13(2)11-14-7-9-15(19)10-8-14/h7-10,13,16,21H,6,11-12H2,1-5H3,(H,20,22). The van der Waals surface area contributed by atoms with E-state index >= 15 is 0 Å². The maximum atomic E-state index is 12.9. The third-order valence-corrected chi connectivity index (χ3v) is 3.36. The quantitative estimate of drug-likeness (QED) is 0.805. The molecule has 2 N–H and O–H groups in total. The molecule has 2 atom stereocenters. The van der Waals surface area contributed by atoms with Gasteiger partial charge in [0.25, 0.3) is 0 Å². The zero-order valence-electron chi connectivity index (χ0n) is 14.8. The van der Waals surface area contributed by atoms with E-state index in [9.17, 15) is 9.18 Å². The van der Waals surface area contributed by atoms with Crippen molar-refractivity contribution in [3.05, 3.63) is 35.6 Å². The monoisotopic (exact) mass is 324 g/mol. The van der Waals surface area contributed by atoms with E-state index in [1.807, 2.05) is 20.8 Å². The smallest absolute Gasteiger partial charge is 0.407 e. The van der Waals surface area contributed by atoms with Crippen LogP contribution < -0.4 is 10.6 Å². The highest BCUT2D eigenvalue weighted by Crippen LogP contribution is 2.08. The van der Waals surface area contributed by atoms with E-state index in [-0.39, 0.29) is 17.9 Å². The van der Waals surface area contributed by atoms with Gasteiger partial charge in [0, 0.05) is 18.6 Å². The molecule has 0 aliphatic heterocycles. The summed E-state index contributed by atoms with van der Waals surface area (Å²) in [6.45, 7) is 10.2. The normalized spacial score (nSPS) is 14.2. The van der Waals surface area contributed by atoms with Crippen LogP contribution in [-0.4, -0.2) is 30.3 Å². The van der Waals surface area contributed by atoms with Crippen molar-refractivity contribution in [2.45, 2.75) is 65.1 Å². The van der Waals surface area contributed by atoms with Crippen molar-refractivity contribution in [2.24, 2.45) is 0 Å². The van der Waals surface area contributed by atoms with Gasteiger partial charge in [-0.2, -0.15) is 0 Å². The molecule has 1 aromatic carbocycles. The van der Waals surface area contributed by atoms with Crippen molar-refractivity contribution in [1.29, 1.82) is 0 Å². The maximum absolute atomic E-state index is 12.9. The summed E-state index contributed by atoms with van der Waals surface area (Å²) in [5, 5.41) is 6.28. The van der Waals surface area contributed by atoms with Crippen LogP contribution in [0, 0.1) is 5.82 Å². The van der Waals surface area contributed by atoms with E-state index in [2.05, 4.69) is 24.5 Å². The van der Waals surface area contributed by atoms with E-state index in [0.29, 0.717) is 6.54 Å². The Labute approximate surface area is 138 Å². The third kappa shape index (κ3) is 8.55. The van der Waals surface area contributed by atoms with E-state index in [1.54, 1.807) is 12.1 Å². The summed E-state index contributed by atoms with van der Waals surface area (Å²) in [6.07, 6.45) is 1.30. The zero-order valence-corrected chi connectivity index (χ0v) is 14.8. The summed E-state index contributed by atoms with van der Waals surface area (Å²) in [6, 6.07) is 6.94. The molecule has 1 rings (SSSR count). The van der Waals surface area contributed by atoms with Gasteiger partial charge in [-0.3, -0.25) is 0 Å². The third-order valence-electron chi connectivity index (χ3n) is 3.36. The molecular weight excluding hydrogens is 295 g/mol. The first-order valence-corrected chi connectivity index (χ1v) is 8.17. The van der Waals surface area contributed by atoms with Crippen molar-refractivity contribution in [2.75, 3.05) is 6.54 Å². The molecule has 0 spiro atoms. The lowest BCUT2D eigenvalue weighted by Crippen LogP contribution is -2.46. The second kappa shape index (κ2) is 8.87. The summed E-state index contributed by atoms with van der Waals surface area (Å²) in [7, 11) is 0. The molecule has 0 heterocycles. The molecule has 0 saturated heterocycles. The summed E-state index contributed by atoms with van der Waals surface area (Å²) >= 11 is 0. The van der Waals surface area contributed by atoms with E-state index in [0.717, 1.165) is 18.4 Å². The molecule has 0 radical (unpaired) electrons. The number of hydrogen-bond donors (Lipinski definition) is 2. The number of halogens is 1. The Bertz CT molecular complexity index is 483. The lowest BCUT2D eigenvalue weighted by molar-refractivity contribution is 0.0521. The van der Waals surface area contributed by atoms with Crippen LogP contribution in [0.15, 0.2) is 24.3 Å². The van der Waals surface area contributed by atoms with E-state index < -0.39 is 11.7 Å². The second-order valence-corrected chi connectivity index (χ2v) is 6.89. The average molecular weight is 324 g/mol. The molecule has 23 heavy (non-hydrogen) atoms. The molecule has 0 fully saturated rings. The Balaban J connectivity index is 2.39. The largest absolute Gasteiger partial charge is 0.444 e. The van der Waals surface area contributed by atoms with Gasteiger partial charge < -0.3 is 15.4 Å². The fourth-order valence-corrected chi connectivity index (χ4v) is 2.28. The van der Waals surface area contributed by atoms with Crippen molar-refractivity contribution in [1.82, 2.24) is 10.6 Å². The Kier molecular flexibility index (Phi) is 7.49. The summed E-state index contributed by atoms with van der Waals surface area (Å²) in [4.78, 5) is 11.7. The molecule has 130 valence electrons. The molecule has 0 bridgehead atoms. The number of benzene rings is 1. The number of alkyl carbamates (subject to hydrolysis) is 1. The highest BCUT2D eigenvalue weighted by molar-refractivity contribution is 5.67. The highest BCUT2D eigenvalue weighted by atomic mass is 19.1. The molecule has 2 unspecified atom stereocenters. The van der Waals surface area contributed by atoms with Crippen LogP contribution in [0.5, 0.6) is 0 Å². The average Bonchev–Trinajstić information content (AvgIpc) is 2.44. The van der Waals surface area contributed by atoms with E-state index in [4.69, 9.17) is 4.74 Å². The second-order valence-electron chi connectivity index (χ2n) is 6.89. The first kappa shape index (κ1) is 19.4. The van der Waals surface area contributed by atoms with Gasteiger partial charge in [0.2, 0.25) is 0 Å². The lowest BCUT2D eigenvalue weighted by atomic mass is 10.1. The molecule has 1 aromatic rings. The summed E-state index contributed by atoms with van der Waals surface area (Å²) in [5.41, 5.74) is 0.594. The summed E-state index contributed by atoms with van der Waals surface area (Å²) in [5.74, 6) is -0.220. The Morgan fingerprint density at radius 1 is 1.26 bits per heavy atom. The first-order chi connectivity index (χ1) is 10.7. The predicted octanol–water partition coefficient (Wildman–Crippen LogP) is 3.65. The van der Waals surface area contributed by atoms with Gasteiger partial charge in [0.15, 0.2) is 0 Å². The Morgan fingerprint density at radius 2 is 1.87 bits per heavy atom. The number of carbonyl (C=O) groups excluding carboxylic acids is 1. The van der Waals surface area contributed by atoms with Gasteiger partial charge >= 0.3 is 6.09 Å². The molecule has 4 nitrogen and oxygen atoms in total. The lowest BCUT2D eigenvalue weighted by Gasteiger charge is -2.24. The van der Waals surface area contributed by atoms with Crippen LogP contribution in [0.4, 0.5) is 9.18 Å². The van der Waals surface area contributed by atoms with Crippen LogP contribution in [0.3, 0.4) is 0 Å². The first-order valence-electron chi connectivity index (χ1n) is 8.17. The molecule has 0 aliphatic carbocycles. The molecule has 5 heteroatoms. The van der Waals surface area contributed by atoms with Gasteiger partial charge in [-0.05, 0) is 58.2 Å². The van der Waals surface area contributed by atoms with Crippen LogP contribution >= 0.6 is 0 Å². The number of rotatable bonds is 7. The number of nitrogens with one attached hydrogen (secondary N) is 2. The fourth-order valence-electron chi connectivity index (χ4n) is 2.28. The van der Waals surface area contributed by atoms with Crippen LogP contribution in [0.1, 0.15) is 46.6 Å². The van der Waals surface area contributed by atoms with Crippen molar-refractivity contribution >= 4 is 6.09 Å². The fraction of sp³-hybridized carbons (Fsp3) is 0.611. The predicted molar refractivity (Wildman–Crippen MR) is 91.0 cm³/mol. The maximum Gasteiger partial charge on any atom is 0.407 e. The van der Waals surface area contributed by atoms with Gasteiger partial charge in [-0.15, -0.1) is 0 Å². The van der Waals surface area contributed by atoms with Gasteiger partial charge in [-0.25, -0.2) is 9.18 Å². The molecule has 1 amide bonds. The minimum atomic E-state index is -0.491. The van der Waals surface area contributed by atoms with E-state index in [1.165, 1.54) is 12.1 Å². The molecular formula is C18H29FN2O2. The van der Waals surface area contributed by atoms with Crippen molar-refractivity contribution in [3.8, 4) is 0 Å². The minimum absolute atomic E-state index is 0.165. The zero-order chi connectivity index (χ0) is 17.5. The molecule has 0 aliphatic rings. The van der Waals surface area contributed by atoms with Crippen molar-refractivity contribution < 1.29 is 13.9 Å². The number of amides is 1. The molecule has 0 saturated carbocycles. The SMILES string of the molecule is CCC(CNC(=O)OC(C)(C)C)NC(C)Cc1ccc(F)cc1. The van der Waals surface area contributed by atoms with Gasteiger partial charge in [0.05, 0.1) is 0 Å². The minimum Gasteiger partial charge on any atom is -0.444 e. The summed E-state index contributed by atoms with van der Waals surface area (Å²) < 4.78 is 18.1. The number of carbonyl (C=O) groups is 1. The van der Waals surface area contributed by atoms with Crippen LogP contribution in [0.2, 0.25) is 0 Å². The van der Waals surface area contributed by atoms with Crippen LogP contribution in [0.25, 0.3) is 0 Å². The number of ether oxygens (including phenoxy) is 1. The van der Waals surface area contributed by atoms with Crippen molar-refractivity contribution in [3.63, 3.8) is 0 Å². The van der Waals surface area contributed by atoms with Gasteiger partial charge in [-0.1, -0.05) is 19.1 Å². The highest BCUT2D eigenvalue weighted by Gasteiger charge is 2.17. The topological polar surface area (TPSA) is 50.4 Å². The Morgan fingerprint density at radius 3 is 2.39 bits per heavy atom. The van der Waals surface area contributed by atoms with Gasteiger partial charge in [0.1, 0.15) is 11.4 Å².